The summed E-state index contributed by atoms with van der Waals surface area (Å²) in [6.45, 7) is 13.9. The average Bonchev–Trinajstić information content (AvgIpc) is 2.98. The number of benzene rings is 3. The lowest BCUT2D eigenvalue weighted by atomic mass is 9.93. The fraction of sp³-hybridized carbons (Fsp3) is 0.375. The van der Waals surface area contributed by atoms with Crippen LogP contribution in [0.4, 0.5) is 5.69 Å². The molecule has 4 N–H and O–H groups in total. The van der Waals surface area contributed by atoms with Gasteiger partial charge in [0, 0.05) is 60.9 Å². The summed E-state index contributed by atoms with van der Waals surface area (Å²) in [5, 5.41) is 4.58. The maximum Gasteiger partial charge on any atom is 0.266 e. The maximum atomic E-state index is 10.1. The van der Waals surface area contributed by atoms with Crippen molar-refractivity contribution >= 4 is 32.7 Å². The van der Waals surface area contributed by atoms with Crippen LogP contribution in [-0.4, -0.2) is 64.4 Å². The standard InChI is InChI=1S/C27H31N2O.C4H9NO4S.CH5N/c1-5-28(6-2)21-14-16-23-25(18-21)30-26-19-22(29(7-3)8-4)15-17-24(26)27(23)20-12-10-9-11-13-20;1-4(6)5-2-3-10(7,8)9;1-2/h9-19H,5-8H2,1-4H3;2-3H2,1H3,(H,5,6)(H,7,8,9);2H2,1H3/q+1;;. The Balaban J connectivity index is 0.000000438. The summed E-state index contributed by atoms with van der Waals surface area (Å²) >= 11 is 0. The molecule has 9 nitrogen and oxygen atoms in total. The van der Waals surface area contributed by atoms with Gasteiger partial charge < -0.3 is 20.4 Å². The van der Waals surface area contributed by atoms with Crippen LogP contribution in [0.5, 0.6) is 0 Å². The summed E-state index contributed by atoms with van der Waals surface area (Å²) in [6, 6.07) is 23.9. The van der Waals surface area contributed by atoms with Crippen LogP contribution in [0.3, 0.4) is 0 Å². The van der Waals surface area contributed by atoms with Crippen molar-refractivity contribution in [2.75, 3.05) is 50.4 Å². The number of carbonyl (C=O) groups excluding carboxylic acids is 1. The third-order valence-electron chi connectivity index (χ3n) is 6.74. The van der Waals surface area contributed by atoms with E-state index in [1.165, 1.54) is 36.1 Å². The van der Waals surface area contributed by atoms with Crippen molar-refractivity contribution in [2.24, 2.45) is 5.73 Å². The normalized spacial score (nSPS) is 10.8. The molecule has 0 radical (unpaired) electrons. The van der Waals surface area contributed by atoms with E-state index in [4.69, 9.17) is 8.97 Å². The quantitative estimate of drug-likeness (QED) is 0.148. The van der Waals surface area contributed by atoms with Crippen LogP contribution in [0.15, 0.2) is 71.1 Å². The van der Waals surface area contributed by atoms with Crippen LogP contribution < -0.4 is 25.9 Å². The van der Waals surface area contributed by atoms with Crippen molar-refractivity contribution < 1.29 is 22.2 Å². The number of carbonyl (C=O) groups is 1. The highest BCUT2D eigenvalue weighted by molar-refractivity contribution is 7.85. The van der Waals surface area contributed by atoms with Crippen LogP contribution in [0.2, 0.25) is 0 Å². The molecule has 1 heterocycles. The number of fused-ring (bicyclic) bond motifs is 2. The molecule has 0 spiro atoms. The number of rotatable bonds is 9. The zero-order chi connectivity index (χ0) is 31.3. The Bertz CT molecular complexity index is 1570. The second-order valence-corrected chi connectivity index (χ2v) is 10.9. The Labute approximate surface area is 249 Å². The summed E-state index contributed by atoms with van der Waals surface area (Å²) in [5.41, 5.74) is 10.2. The van der Waals surface area contributed by atoms with Crippen molar-refractivity contribution in [3.05, 3.63) is 72.1 Å². The summed E-state index contributed by atoms with van der Waals surface area (Å²) < 4.78 is 37.1. The molecule has 10 heteroatoms. The van der Waals surface area contributed by atoms with Crippen LogP contribution in [0, 0.1) is 0 Å². The molecule has 42 heavy (non-hydrogen) atoms. The smallest absolute Gasteiger partial charge is 0.266 e. The van der Waals surface area contributed by atoms with Gasteiger partial charge in [-0.05, 0) is 58.5 Å². The highest BCUT2D eigenvalue weighted by atomic mass is 32.2. The molecule has 228 valence electrons. The van der Waals surface area contributed by atoms with Gasteiger partial charge in [0.05, 0.1) is 11.8 Å². The van der Waals surface area contributed by atoms with E-state index < -0.39 is 15.9 Å². The molecule has 0 atom stereocenters. The third-order valence-corrected chi connectivity index (χ3v) is 7.46. The molecule has 1 amide bonds. The molecule has 0 aromatic heterocycles. The molecule has 0 saturated heterocycles. The molecule has 0 saturated carbocycles. The maximum absolute atomic E-state index is 10.1. The van der Waals surface area contributed by atoms with E-state index in [1.807, 2.05) is 0 Å². The molecule has 4 rings (SSSR count). The molecule has 2 aromatic carbocycles. The molecule has 2 aromatic rings. The fourth-order valence-electron chi connectivity index (χ4n) is 4.71. The molecular weight excluding hydrogens is 552 g/mol. The minimum atomic E-state index is -3.93. The number of amides is 1. The van der Waals surface area contributed by atoms with Crippen molar-refractivity contribution in [3.63, 3.8) is 0 Å². The topological polar surface area (TPSA) is 129 Å². The van der Waals surface area contributed by atoms with E-state index in [-0.39, 0.29) is 12.5 Å². The average molecular weight is 598 g/mol. The van der Waals surface area contributed by atoms with Crippen LogP contribution in [0.1, 0.15) is 34.6 Å². The van der Waals surface area contributed by atoms with E-state index in [0.717, 1.165) is 48.5 Å². The first-order chi connectivity index (χ1) is 20.1. The van der Waals surface area contributed by atoms with Gasteiger partial charge in [0.15, 0.2) is 0 Å². The van der Waals surface area contributed by atoms with Gasteiger partial charge in [-0.3, -0.25) is 9.35 Å². The van der Waals surface area contributed by atoms with Crippen molar-refractivity contribution in [1.29, 1.82) is 0 Å². The fourth-order valence-corrected chi connectivity index (χ4v) is 5.07. The minimum Gasteiger partial charge on any atom is -0.456 e. The largest absolute Gasteiger partial charge is 0.456 e. The first-order valence-electron chi connectivity index (χ1n) is 14.3. The van der Waals surface area contributed by atoms with Gasteiger partial charge >= 0.3 is 0 Å². The Morgan fingerprint density at radius 3 is 2.14 bits per heavy atom. The van der Waals surface area contributed by atoms with Gasteiger partial charge in [-0.1, -0.05) is 30.3 Å². The van der Waals surface area contributed by atoms with Crippen LogP contribution in [0.25, 0.3) is 33.4 Å². The zero-order valence-corrected chi connectivity index (χ0v) is 26.4. The van der Waals surface area contributed by atoms with Gasteiger partial charge in [0.1, 0.15) is 24.4 Å². The molecule has 0 bridgehead atoms. The number of nitrogens with one attached hydrogen (secondary N) is 1. The molecule has 0 fully saturated rings. The molecule has 0 unspecified atom stereocenters. The van der Waals surface area contributed by atoms with E-state index in [1.54, 1.807) is 0 Å². The zero-order valence-electron chi connectivity index (χ0n) is 25.6. The summed E-state index contributed by atoms with van der Waals surface area (Å²) in [7, 11) is -2.43. The van der Waals surface area contributed by atoms with Crippen molar-refractivity contribution in [3.8, 4) is 22.5 Å². The first kappa shape index (κ1) is 34.5. The first-order valence-corrected chi connectivity index (χ1v) is 15.9. The lowest BCUT2D eigenvalue weighted by molar-refractivity contribution is -0.118. The van der Waals surface area contributed by atoms with Gasteiger partial charge in [0.25, 0.3) is 10.1 Å². The predicted molar refractivity (Wildman–Crippen MR) is 173 cm³/mol. The highest BCUT2D eigenvalue weighted by Gasteiger charge is 2.19. The molecular formula is C32H45N4O5S+. The SMILES string of the molecule is CC(=O)NCCS(=O)(=O)O.CCN(CC)c1ccc2c(-c3ccccc3)c3ccc(=[N+](CC)CC)cc-3oc2c1.CN. The Morgan fingerprint density at radius 1 is 0.952 bits per heavy atom. The second-order valence-electron chi connectivity index (χ2n) is 9.32. The predicted octanol–water partition coefficient (Wildman–Crippen LogP) is 4.45. The van der Waals surface area contributed by atoms with E-state index in [0.29, 0.717) is 0 Å². The van der Waals surface area contributed by atoms with Crippen LogP contribution in [-0.2, 0) is 14.9 Å². The van der Waals surface area contributed by atoms with Crippen molar-refractivity contribution in [2.45, 2.75) is 34.6 Å². The Kier molecular flexibility index (Phi) is 13.7. The molecule has 1 aliphatic carbocycles. The molecule has 1 aliphatic heterocycles. The van der Waals surface area contributed by atoms with Gasteiger partial charge in [-0.15, -0.1) is 0 Å². The number of nitrogens with zero attached hydrogens (tertiary/aromatic N) is 2. The second kappa shape index (κ2) is 16.6. The summed E-state index contributed by atoms with van der Waals surface area (Å²) in [4.78, 5) is 12.5. The summed E-state index contributed by atoms with van der Waals surface area (Å²) in [6.07, 6.45) is 0. The highest BCUT2D eigenvalue weighted by Crippen LogP contribution is 2.40. The molecule has 2 aliphatic rings. The monoisotopic (exact) mass is 597 g/mol. The Hall–Kier alpha value is -3.73. The van der Waals surface area contributed by atoms with Gasteiger partial charge in [-0.25, -0.2) is 4.58 Å². The van der Waals surface area contributed by atoms with Crippen molar-refractivity contribution in [1.82, 2.24) is 9.89 Å². The number of hydrogen-bond acceptors (Lipinski definition) is 6. The third kappa shape index (κ3) is 9.40. The number of anilines is 1. The minimum absolute atomic E-state index is 0.0475. The lowest BCUT2D eigenvalue weighted by Crippen LogP contribution is -2.29. The van der Waals surface area contributed by atoms with E-state index in [2.05, 4.69) is 115 Å². The lowest BCUT2D eigenvalue weighted by Gasteiger charge is -2.22. The summed E-state index contributed by atoms with van der Waals surface area (Å²) in [5.74, 6) is 0.179. The Morgan fingerprint density at radius 2 is 1.60 bits per heavy atom. The van der Waals surface area contributed by atoms with Gasteiger partial charge in [0.2, 0.25) is 11.3 Å². The van der Waals surface area contributed by atoms with Crippen LogP contribution >= 0.6 is 0 Å². The van der Waals surface area contributed by atoms with E-state index >= 15 is 0 Å². The van der Waals surface area contributed by atoms with E-state index in [9.17, 15) is 13.2 Å². The van der Waals surface area contributed by atoms with Gasteiger partial charge in [-0.2, -0.15) is 8.42 Å². The number of nitrogens with two attached hydrogens (primary N) is 1. The number of hydrogen-bond donors (Lipinski definition) is 3.